The molecule has 2 heterocycles. The highest BCUT2D eigenvalue weighted by atomic mass is 19.1. The van der Waals surface area contributed by atoms with Crippen LogP contribution in [0.25, 0.3) is 33.4 Å². The summed E-state index contributed by atoms with van der Waals surface area (Å²) in [5.41, 5.74) is 3.84. The Bertz CT molecular complexity index is 1590. The third-order valence-electron chi connectivity index (χ3n) is 5.71. The van der Waals surface area contributed by atoms with Crippen LogP contribution >= 0.6 is 0 Å². The molecular formula is C28H20FN3O4. The van der Waals surface area contributed by atoms with Gasteiger partial charge >= 0.3 is 0 Å². The standard InChI is InChI=1S/C28H20FN3O4/c1-30-28(35)25-22-14-18(7-11-23(22)36-26(25)16-5-8-20(29)9-6-16)17-3-2-4-19(13-17)27(34)32-21-10-12-24(33)31-15-21/h2-15H,1H3,(H,30,35)(H,31,33)(H,32,34). The Morgan fingerprint density at radius 3 is 2.36 bits per heavy atom. The number of furan rings is 1. The molecule has 2 amide bonds. The van der Waals surface area contributed by atoms with Crippen molar-refractivity contribution in [3.63, 3.8) is 0 Å². The van der Waals surface area contributed by atoms with Crippen LogP contribution in [-0.4, -0.2) is 29.0 Å². The van der Waals surface area contributed by atoms with Crippen LogP contribution in [0, 0.1) is 5.82 Å². The largest absolute Gasteiger partial charge is 0.493 e. The minimum absolute atomic E-state index is 0.136. The summed E-state index contributed by atoms with van der Waals surface area (Å²) in [7, 11) is 1.53. The molecule has 5 aromatic rings. The molecule has 3 N–H and O–H groups in total. The van der Waals surface area contributed by atoms with Gasteiger partial charge in [0.25, 0.3) is 11.8 Å². The molecule has 0 spiro atoms. The smallest absolute Gasteiger partial charge is 0.255 e. The number of benzene rings is 3. The molecule has 3 aromatic carbocycles. The number of halogens is 1. The average Bonchev–Trinajstić information content (AvgIpc) is 3.29. The zero-order valence-corrected chi connectivity index (χ0v) is 19.1. The number of nitrogens with zero attached hydrogens (tertiary/aromatic N) is 1. The minimum atomic E-state index is -0.385. The Morgan fingerprint density at radius 2 is 1.64 bits per heavy atom. The number of pyridine rings is 1. The van der Waals surface area contributed by atoms with E-state index in [0.717, 1.165) is 11.1 Å². The second kappa shape index (κ2) is 9.34. The molecule has 0 aliphatic rings. The highest BCUT2D eigenvalue weighted by Gasteiger charge is 2.22. The quantitative estimate of drug-likeness (QED) is 0.302. The van der Waals surface area contributed by atoms with Crippen molar-refractivity contribution >= 4 is 28.5 Å². The molecule has 7 nitrogen and oxygen atoms in total. The van der Waals surface area contributed by atoms with Gasteiger partial charge in [0.15, 0.2) is 0 Å². The second-order valence-corrected chi connectivity index (χ2v) is 8.04. The van der Waals surface area contributed by atoms with Gasteiger partial charge in [-0.05, 0) is 65.7 Å². The minimum Gasteiger partial charge on any atom is -0.493 e. The summed E-state index contributed by atoms with van der Waals surface area (Å²) in [6.45, 7) is 0. The predicted molar refractivity (Wildman–Crippen MR) is 134 cm³/mol. The van der Waals surface area contributed by atoms with Crippen molar-refractivity contribution in [2.75, 3.05) is 12.4 Å². The Kier molecular flexibility index (Phi) is 5.92. The van der Waals surface area contributed by atoms with Crippen molar-refractivity contribution < 1.29 is 23.5 Å². The van der Waals surface area contributed by atoms with Crippen LogP contribution in [0.1, 0.15) is 20.7 Å². The van der Waals surface area contributed by atoms with E-state index in [9.17, 15) is 19.1 Å². The number of amides is 2. The van der Waals surface area contributed by atoms with Gasteiger partial charge in [-0.25, -0.2) is 9.37 Å². The first-order chi connectivity index (χ1) is 17.4. The summed E-state index contributed by atoms with van der Waals surface area (Å²) in [5.74, 6) is -0.844. The maximum absolute atomic E-state index is 13.4. The lowest BCUT2D eigenvalue weighted by atomic mass is 9.99. The van der Waals surface area contributed by atoms with Crippen LogP contribution in [0.5, 0.6) is 5.88 Å². The molecule has 0 saturated carbocycles. The number of hydrogen-bond acceptors (Lipinski definition) is 5. The first kappa shape index (κ1) is 22.8. The van der Waals surface area contributed by atoms with E-state index >= 15 is 0 Å². The summed E-state index contributed by atoms with van der Waals surface area (Å²) in [5, 5.41) is 15.3. The fraction of sp³-hybridized carbons (Fsp3) is 0.0357. The van der Waals surface area contributed by atoms with Gasteiger partial charge < -0.3 is 20.2 Å². The van der Waals surface area contributed by atoms with Gasteiger partial charge in [0, 0.05) is 29.6 Å². The lowest BCUT2D eigenvalue weighted by Crippen LogP contribution is -2.18. The van der Waals surface area contributed by atoms with Crippen molar-refractivity contribution in [2.45, 2.75) is 0 Å². The van der Waals surface area contributed by atoms with Crippen LogP contribution in [0.15, 0.2) is 89.5 Å². The SMILES string of the molecule is CNC(=O)c1c(-c2ccc(F)cc2)oc2ccc(-c3cccc(C(=O)Nc4ccc(O)nc4)c3)cc12. The van der Waals surface area contributed by atoms with Gasteiger partial charge in [-0.2, -0.15) is 0 Å². The Balaban J connectivity index is 1.53. The summed E-state index contributed by atoms with van der Waals surface area (Å²) in [6, 6.07) is 21.2. The Labute approximate surface area is 205 Å². The third kappa shape index (κ3) is 4.39. The molecule has 0 aliphatic carbocycles. The Hall–Kier alpha value is -4.98. The topological polar surface area (TPSA) is 104 Å². The number of carbonyl (C=O) groups is 2. The molecule has 0 bridgehead atoms. The number of aromatic hydroxyl groups is 1. The summed E-state index contributed by atoms with van der Waals surface area (Å²) in [4.78, 5) is 29.3. The molecule has 36 heavy (non-hydrogen) atoms. The number of carbonyl (C=O) groups excluding carboxylic acids is 2. The van der Waals surface area contributed by atoms with Gasteiger partial charge in [-0.1, -0.05) is 18.2 Å². The number of nitrogens with one attached hydrogen (secondary N) is 2. The maximum Gasteiger partial charge on any atom is 0.255 e. The van der Waals surface area contributed by atoms with Gasteiger partial charge in [-0.15, -0.1) is 0 Å². The van der Waals surface area contributed by atoms with Gasteiger partial charge in [0.1, 0.15) is 17.2 Å². The number of aromatic nitrogens is 1. The second-order valence-electron chi connectivity index (χ2n) is 8.04. The van der Waals surface area contributed by atoms with Crippen LogP contribution < -0.4 is 10.6 Å². The molecule has 0 radical (unpaired) electrons. The first-order valence-electron chi connectivity index (χ1n) is 11.0. The molecule has 0 aliphatic heterocycles. The third-order valence-corrected chi connectivity index (χ3v) is 5.71. The fourth-order valence-electron chi connectivity index (χ4n) is 3.94. The molecule has 178 valence electrons. The maximum atomic E-state index is 13.4. The highest BCUT2D eigenvalue weighted by molar-refractivity contribution is 6.12. The van der Waals surface area contributed by atoms with Gasteiger partial charge in [0.05, 0.1) is 17.4 Å². The van der Waals surface area contributed by atoms with E-state index in [4.69, 9.17) is 4.42 Å². The first-order valence-corrected chi connectivity index (χ1v) is 11.0. The number of hydrogen-bond donors (Lipinski definition) is 3. The molecule has 0 unspecified atom stereocenters. The van der Waals surface area contributed by atoms with Crippen molar-refractivity contribution in [1.82, 2.24) is 10.3 Å². The number of rotatable bonds is 5. The van der Waals surface area contributed by atoms with Crippen LogP contribution in [0.3, 0.4) is 0 Å². The number of fused-ring (bicyclic) bond motifs is 1. The van der Waals surface area contributed by atoms with Crippen molar-refractivity contribution in [3.8, 4) is 28.3 Å². The molecule has 0 saturated heterocycles. The fourth-order valence-corrected chi connectivity index (χ4v) is 3.94. The lowest BCUT2D eigenvalue weighted by molar-refractivity contribution is 0.0963. The van der Waals surface area contributed by atoms with Crippen LogP contribution in [0.2, 0.25) is 0 Å². The average molecular weight is 481 g/mol. The lowest BCUT2D eigenvalue weighted by Gasteiger charge is -2.08. The summed E-state index contributed by atoms with van der Waals surface area (Å²) in [6.07, 6.45) is 1.36. The van der Waals surface area contributed by atoms with Gasteiger partial charge in [0.2, 0.25) is 5.88 Å². The summed E-state index contributed by atoms with van der Waals surface area (Å²) < 4.78 is 19.5. The molecule has 2 aromatic heterocycles. The van der Waals surface area contributed by atoms with E-state index < -0.39 is 0 Å². The van der Waals surface area contributed by atoms with Crippen molar-refractivity contribution in [1.29, 1.82) is 0 Å². The molecule has 0 fully saturated rings. The Morgan fingerprint density at radius 1 is 0.889 bits per heavy atom. The monoisotopic (exact) mass is 481 g/mol. The summed E-state index contributed by atoms with van der Waals surface area (Å²) >= 11 is 0. The normalized spacial score (nSPS) is 10.8. The number of anilines is 1. The van der Waals surface area contributed by atoms with Gasteiger partial charge in [-0.3, -0.25) is 9.59 Å². The molecule has 5 rings (SSSR count). The van der Waals surface area contributed by atoms with E-state index in [0.29, 0.717) is 39.1 Å². The molecular weight excluding hydrogens is 461 g/mol. The zero-order valence-electron chi connectivity index (χ0n) is 19.1. The van der Waals surface area contributed by atoms with Crippen LogP contribution in [0.4, 0.5) is 10.1 Å². The zero-order chi connectivity index (χ0) is 25.2. The molecule has 8 heteroatoms. The van der Waals surface area contributed by atoms with E-state index in [1.54, 1.807) is 42.5 Å². The highest BCUT2D eigenvalue weighted by Crippen LogP contribution is 2.36. The van der Waals surface area contributed by atoms with E-state index in [1.165, 1.54) is 31.4 Å². The van der Waals surface area contributed by atoms with Crippen LogP contribution in [-0.2, 0) is 0 Å². The van der Waals surface area contributed by atoms with Crippen molar-refractivity contribution in [3.05, 3.63) is 102 Å². The molecule has 0 atom stereocenters. The predicted octanol–water partition coefficient (Wildman–Crippen LogP) is 5.62. The van der Waals surface area contributed by atoms with E-state index in [2.05, 4.69) is 15.6 Å². The van der Waals surface area contributed by atoms with E-state index in [1.807, 2.05) is 18.2 Å². The van der Waals surface area contributed by atoms with E-state index in [-0.39, 0.29) is 23.5 Å². The van der Waals surface area contributed by atoms with Crippen molar-refractivity contribution in [2.24, 2.45) is 0 Å².